The Hall–Kier alpha value is -1.72. The zero-order chi connectivity index (χ0) is 14.8. The van der Waals surface area contributed by atoms with Gasteiger partial charge < -0.3 is 5.32 Å². The van der Waals surface area contributed by atoms with E-state index in [1.54, 1.807) is 12.3 Å². The fraction of sp³-hybridized carbons (Fsp3) is 0. The second-order valence-corrected chi connectivity index (χ2v) is 6.22. The fourth-order valence-electron chi connectivity index (χ4n) is 2.08. The summed E-state index contributed by atoms with van der Waals surface area (Å²) in [6.07, 6.45) is 1.72. The van der Waals surface area contributed by atoms with Crippen LogP contribution in [0.1, 0.15) is 10.4 Å². The molecule has 1 N–H and O–H groups in total. The van der Waals surface area contributed by atoms with Crippen LogP contribution in [0.2, 0.25) is 0 Å². The van der Waals surface area contributed by atoms with Crippen LogP contribution in [-0.2, 0) is 0 Å². The minimum atomic E-state index is -0.160. The highest BCUT2D eigenvalue weighted by molar-refractivity contribution is 9.11. The summed E-state index contributed by atoms with van der Waals surface area (Å²) >= 11 is 6.83. The Labute approximate surface area is 138 Å². The van der Waals surface area contributed by atoms with Gasteiger partial charge in [-0.1, -0.05) is 28.1 Å². The standard InChI is InChI=1S/C16H10Br2N2O/c17-10-6-7-13(18)15(9-10)20-16(21)12-3-1-5-14-11(12)4-2-8-19-14/h1-9H,(H,20,21). The third-order valence-electron chi connectivity index (χ3n) is 3.07. The number of nitrogens with zero attached hydrogens (tertiary/aromatic N) is 1. The van der Waals surface area contributed by atoms with Crippen molar-refractivity contribution in [2.45, 2.75) is 0 Å². The number of pyridine rings is 1. The van der Waals surface area contributed by atoms with E-state index in [0.29, 0.717) is 5.56 Å². The predicted octanol–water partition coefficient (Wildman–Crippen LogP) is 5.01. The Kier molecular flexibility index (Phi) is 4.03. The van der Waals surface area contributed by atoms with E-state index < -0.39 is 0 Å². The third kappa shape index (κ3) is 2.99. The molecule has 0 saturated heterocycles. The van der Waals surface area contributed by atoms with Gasteiger partial charge in [0.05, 0.1) is 11.2 Å². The first-order chi connectivity index (χ1) is 10.1. The third-order valence-corrected chi connectivity index (χ3v) is 4.25. The molecule has 3 rings (SSSR count). The van der Waals surface area contributed by atoms with Gasteiger partial charge in [0.2, 0.25) is 0 Å². The summed E-state index contributed by atoms with van der Waals surface area (Å²) in [6.45, 7) is 0. The van der Waals surface area contributed by atoms with Crippen LogP contribution in [0.15, 0.2) is 63.7 Å². The average molecular weight is 406 g/mol. The lowest BCUT2D eigenvalue weighted by atomic mass is 10.1. The number of nitrogens with one attached hydrogen (secondary N) is 1. The van der Waals surface area contributed by atoms with Crippen molar-refractivity contribution in [3.05, 3.63) is 69.2 Å². The van der Waals surface area contributed by atoms with E-state index in [-0.39, 0.29) is 5.91 Å². The molecular formula is C16H10Br2N2O. The van der Waals surface area contributed by atoms with E-state index in [4.69, 9.17) is 0 Å². The molecule has 0 saturated carbocycles. The van der Waals surface area contributed by atoms with Gasteiger partial charge in [0, 0.05) is 26.1 Å². The summed E-state index contributed by atoms with van der Waals surface area (Å²) in [5, 5.41) is 3.75. The molecule has 1 amide bonds. The van der Waals surface area contributed by atoms with Crippen LogP contribution in [0.4, 0.5) is 5.69 Å². The SMILES string of the molecule is O=C(Nc1cc(Br)ccc1Br)c1cccc2ncccc12. The van der Waals surface area contributed by atoms with Gasteiger partial charge in [-0.05, 0) is 52.3 Å². The molecule has 1 heterocycles. The van der Waals surface area contributed by atoms with Gasteiger partial charge in [0.25, 0.3) is 5.91 Å². The molecule has 0 aliphatic carbocycles. The van der Waals surface area contributed by atoms with Crippen LogP contribution >= 0.6 is 31.9 Å². The van der Waals surface area contributed by atoms with Crippen molar-refractivity contribution >= 4 is 54.4 Å². The normalized spacial score (nSPS) is 10.6. The van der Waals surface area contributed by atoms with Gasteiger partial charge in [-0.2, -0.15) is 0 Å². The first-order valence-electron chi connectivity index (χ1n) is 6.25. The minimum Gasteiger partial charge on any atom is -0.321 e. The number of hydrogen-bond donors (Lipinski definition) is 1. The molecule has 0 fully saturated rings. The molecule has 0 bridgehead atoms. The molecule has 0 aliphatic rings. The Morgan fingerprint density at radius 1 is 1.05 bits per heavy atom. The van der Waals surface area contributed by atoms with Crippen molar-refractivity contribution in [1.29, 1.82) is 0 Å². The number of benzene rings is 2. The summed E-state index contributed by atoms with van der Waals surface area (Å²) in [4.78, 5) is 16.8. The van der Waals surface area contributed by atoms with Crippen molar-refractivity contribution in [3.8, 4) is 0 Å². The largest absolute Gasteiger partial charge is 0.321 e. The molecule has 3 aromatic rings. The molecule has 0 radical (unpaired) electrons. The summed E-state index contributed by atoms with van der Waals surface area (Å²) in [5.74, 6) is -0.160. The smallest absolute Gasteiger partial charge is 0.256 e. The summed E-state index contributed by atoms with van der Waals surface area (Å²) in [7, 11) is 0. The van der Waals surface area contributed by atoms with Crippen LogP contribution in [0.3, 0.4) is 0 Å². The number of aromatic nitrogens is 1. The van der Waals surface area contributed by atoms with E-state index in [9.17, 15) is 4.79 Å². The number of hydrogen-bond acceptors (Lipinski definition) is 2. The van der Waals surface area contributed by atoms with Crippen molar-refractivity contribution < 1.29 is 4.79 Å². The van der Waals surface area contributed by atoms with Crippen LogP contribution in [-0.4, -0.2) is 10.9 Å². The predicted molar refractivity (Wildman–Crippen MR) is 91.5 cm³/mol. The van der Waals surface area contributed by atoms with Crippen molar-refractivity contribution in [2.24, 2.45) is 0 Å². The van der Waals surface area contributed by atoms with Gasteiger partial charge in [0.1, 0.15) is 0 Å². The first-order valence-corrected chi connectivity index (χ1v) is 7.84. The molecule has 5 heteroatoms. The van der Waals surface area contributed by atoms with E-state index in [1.165, 1.54) is 0 Å². The van der Waals surface area contributed by atoms with E-state index in [0.717, 1.165) is 25.5 Å². The lowest BCUT2D eigenvalue weighted by molar-refractivity contribution is 0.102. The second kappa shape index (κ2) is 5.95. The van der Waals surface area contributed by atoms with Gasteiger partial charge >= 0.3 is 0 Å². The summed E-state index contributed by atoms with van der Waals surface area (Å²) < 4.78 is 1.73. The number of fused-ring (bicyclic) bond motifs is 1. The van der Waals surface area contributed by atoms with Gasteiger partial charge in [0.15, 0.2) is 0 Å². The van der Waals surface area contributed by atoms with Crippen LogP contribution in [0.25, 0.3) is 10.9 Å². The highest BCUT2D eigenvalue weighted by Gasteiger charge is 2.12. The number of rotatable bonds is 2. The lowest BCUT2D eigenvalue weighted by Gasteiger charge is -2.09. The number of halogens is 2. The molecule has 0 spiro atoms. The Morgan fingerprint density at radius 2 is 1.90 bits per heavy atom. The lowest BCUT2D eigenvalue weighted by Crippen LogP contribution is -2.12. The fourth-order valence-corrected chi connectivity index (χ4v) is 2.79. The number of carbonyl (C=O) groups excluding carboxylic acids is 1. The number of amides is 1. The molecule has 0 aliphatic heterocycles. The van der Waals surface area contributed by atoms with Gasteiger partial charge in [-0.3, -0.25) is 9.78 Å². The molecule has 104 valence electrons. The topological polar surface area (TPSA) is 42.0 Å². The molecule has 1 aromatic heterocycles. The Balaban J connectivity index is 1.99. The Bertz CT molecular complexity index is 828. The monoisotopic (exact) mass is 404 g/mol. The molecule has 21 heavy (non-hydrogen) atoms. The number of carbonyl (C=O) groups is 1. The van der Waals surface area contributed by atoms with Crippen molar-refractivity contribution in [2.75, 3.05) is 5.32 Å². The first kappa shape index (κ1) is 14.2. The zero-order valence-electron chi connectivity index (χ0n) is 10.8. The van der Waals surface area contributed by atoms with Crippen LogP contribution < -0.4 is 5.32 Å². The van der Waals surface area contributed by atoms with Gasteiger partial charge in [-0.25, -0.2) is 0 Å². The van der Waals surface area contributed by atoms with E-state index in [2.05, 4.69) is 42.2 Å². The quantitative estimate of drug-likeness (QED) is 0.650. The molecule has 2 aromatic carbocycles. The second-order valence-electron chi connectivity index (χ2n) is 4.45. The maximum atomic E-state index is 12.5. The average Bonchev–Trinajstić information content (AvgIpc) is 2.50. The maximum absolute atomic E-state index is 12.5. The van der Waals surface area contributed by atoms with E-state index >= 15 is 0 Å². The molecule has 0 atom stereocenters. The Morgan fingerprint density at radius 3 is 2.76 bits per heavy atom. The van der Waals surface area contributed by atoms with Gasteiger partial charge in [-0.15, -0.1) is 0 Å². The van der Waals surface area contributed by atoms with E-state index in [1.807, 2.05) is 42.5 Å². The maximum Gasteiger partial charge on any atom is 0.256 e. The zero-order valence-corrected chi connectivity index (χ0v) is 14.0. The molecule has 0 unspecified atom stereocenters. The van der Waals surface area contributed by atoms with Crippen LogP contribution in [0.5, 0.6) is 0 Å². The van der Waals surface area contributed by atoms with Crippen LogP contribution in [0, 0.1) is 0 Å². The van der Waals surface area contributed by atoms with Crippen molar-refractivity contribution in [3.63, 3.8) is 0 Å². The minimum absolute atomic E-state index is 0.160. The molecule has 3 nitrogen and oxygen atoms in total. The molecular weight excluding hydrogens is 396 g/mol. The highest BCUT2D eigenvalue weighted by Crippen LogP contribution is 2.27. The highest BCUT2D eigenvalue weighted by atomic mass is 79.9. The summed E-state index contributed by atoms with van der Waals surface area (Å²) in [5.41, 5.74) is 2.13. The van der Waals surface area contributed by atoms with Crippen molar-refractivity contribution in [1.82, 2.24) is 4.98 Å². The number of anilines is 1. The summed E-state index contributed by atoms with van der Waals surface area (Å²) in [6, 6.07) is 14.9.